The van der Waals surface area contributed by atoms with Gasteiger partial charge in [-0.25, -0.2) is 0 Å². The lowest BCUT2D eigenvalue weighted by Gasteiger charge is -2.13. The number of carbonyl (C=O) groups excluding carboxylic acids is 1. The monoisotopic (exact) mass is 277 g/mol. The molecule has 0 aromatic carbocycles. The Bertz CT molecular complexity index is 491. The second-order valence-corrected chi connectivity index (χ2v) is 4.39. The fourth-order valence-corrected chi connectivity index (χ4v) is 1.91. The Morgan fingerprint density at radius 1 is 1.37 bits per heavy atom. The van der Waals surface area contributed by atoms with Crippen LogP contribution < -0.4 is 0 Å². The molecular formula is C12H14F3NO3. The SMILES string of the molecule is Cc1cc(CCC(C(=O)O)C(=O)C(F)(F)F)c(C)[nH]1. The first-order valence-corrected chi connectivity index (χ1v) is 5.62. The third-order valence-electron chi connectivity index (χ3n) is 2.85. The highest BCUT2D eigenvalue weighted by atomic mass is 19.4. The van der Waals surface area contributed by atoms with Crippen LogP contribution in [0.2, 0.25) is 0 Å². The molecular weight excluding hydrogens is 263 g/mol. The molecule has 1 aromatic heterocycles. The Kier molecular flexibility index (Phi) is 4.39. The number of alkyl halides is 3. The molecule has 0 fully saturated rings. The van der Waals surface area contributed by atoms with Crippen molar-refractivity contribution in [1.29, 1.82) is 0 Å². The molecule has 1 rings (SSSR count). The highest BCUT2D eigenvalue weighted by molar-refractivity contribution is 6.01. The Morgan fingerprint density at radius 2 is 1.95 bits per heavy atom. The summed E-state index contributed by atoms with van der Waals surface area (Å²) < 4.78 is 36.7. The van der Waals surface area contributed by atoms with Gasteiger partial charge in [-0.15, -0.1) is 0 Å². The number of carbonyl (C=O) groups is 2. The second kappa shape index (κ2) is 5.46. The standard InChI is InChI=1S/C12H14F3NO3/c1-6-5-8(7(2)16-6)3-4-9(11(18)19)10(17)12(13,14)15/h5,9,16H,3-4H2,1-2H3,(H,18,19). The average Bonchev–Trinajstić information content (AvgIpc) is 2.55. The lowest BCUT2D eigenvalue weighted by molar-refractivity contribution is -0.179. The van der Waals surface area contributed by atoms with Crippen LogP contribution in [-0.4, -0.2) is 28.0 Å². The zero-order valence-corrected chi connectivity index (χ0v) is 10.5. The number of nitrogens with one attached hydrogen (secondary N) is 1. The second-order valence-electron chi connectivity index (χ2n) is 4.39. The van der Waals surface area contributed by atoms with Crippen molar-refractivity contribution in [2.45, 2.75) is 32.9 Å². The number of hydrogen-bond acceptors (Lipinski definition) is 2. The summed E-state index contributed by atoms with van der Waals surface area (Å²) in [6.45, 7) is 3.52. The van der Waals surface area contributed by atoms with Crippen molar-refractivity contribution in [2.75, 3.05) is 0 Å². The van der Waals surface area contributed by atoms with E-state index in [1.807, 2.05) is 0 Å². The smallest absolute Gasteiger partial charge is 0.450 e. The molecule has 1 unspecified atom stereocenters. The number of aromatic nitrogens is 1. The fourth-order valence-electron chi connectivity index (χ4n) is 1.91. The van der Waals surface area contributed by atoms with Crippen molar-refractivity contribution < 1.29 is 27.9 Å². The van der Waals surface area contributed by atoms with Crippen molar-refractivity contribution in [3.8, 4) is 0 Å². The molecule has 4 nitrogen and oxygen atoms in total. The molecule has 0 bridgehead atoms. The molecule has 7 heteroatoms. The van der Waals surface area contributed by atoms with Crippen LogP contribution in [0.25, 0.3) is 0 Å². The van der Waals surface area contributed by atoms with Gasteiger partial charge in [0.2, 0.25) is 5.78 Å². The van der Waals surface area contributed by atoms with E-state index in [1.165, 1.54) is 0 Å². The summed E-state index contributed by atoms with van der Waals surface area (Å²) in [5.74, 6) is -5.99. The van der Waals surface area contributed by atoms with Gasteiger partial charge in [-0.1, -0.05) is 0 Å². The number of hydrogen-bond donors (Lipinski definition) is 2. The summed E-state index contributed by atoms with van der Waals surface area (Å²) in [4.78, 5) is 24.7. The molecule has 0 aliphatic heterocycles. The molecule has 19 heavy (non-hydrogen) atoms. The number of H-pyrrole nitrogens is 1. The number of halogens is 3. The zero-order chi connectivity index (χ0) is 14.8. The van der Waals surface area contributed by atoms with E-state index in [-0.39, 0.29) is 12.8 Å². The molecule has 0 radical (unpaired) electrons. The number of ketones is 1. The van der Waals surface area contributed by atoms with Gasteiger partial charge in [0.15, 0.2) is 0 Å². The molecule has 1 aromatic rings. The first-order chi connectivity index (χ1) is 8.62. The average molecular weight is 277 g/mol. The van der Waals surface area contributed by atoms with E-state index in [0.29, 0.717) is 0 Å². The maximum atomic E-state index is 12.2. The molecule has 0 saturated heterocycles. The third kappa shape index (κ3) is 3.84. The van der Waals surface area contributed by atoms with E-state index in [1.54, 1.807) is 19.9 Å². The van der Waals surface area contributed by atoms with Crippen LogP contribution in [0, 0.1) is 19.8 Å². The van der Waals surface area contributed by atoms with Gasteiger partial charge in [0.25, 0.3) is 0 Å². The van der Waals surface area contributed by atoms with Gasteiger partial charge >= 0.3 is 12.1 Å². The lowest BCUT2D eigenvalue weighted by Crippen LogP contribution is -2.35. The predicted octanol–water partition coefficient (Wildman–Crippen LogP) is 2.40. The number of Topliss-reactive ketones (excluding diaryl/α,β-unsaturated/α-hetero) is 1. The lowest BCUT2D eigenvalue weighted by atomic mass is 9.95. The number of rotatable bonds is 5. The number of carboxylic acids is 1. The van der Waals surface area contributed by atoms with Gasteiger partial charge in [-0.2, -0.15) is 13.2 Å². The van der Waals surface area contributed by atoms with Crippen molar-refractivity contribution >= 4 is 11.8 Å². The fraction of sp³-hybridized carbons (Fsp3) is 0.500. The molecule has 1 atom stereocenters. The van der Waals surface area contributed by atoms with Gasteiger partial charge in [0.1, 0.15) is 5.92 Å². The number of carboxylic acid groups (broad SMARTS) is 1. The highest BCUT2D eigenvalue weighted by Crippen LogP contribution is 2.25. The van der Waals surface area contributed by atoms with Crippen molar-refractivity contribution in [2.24, 2.45) is 5.92 Å². The van der Waals surface area contributed by atoms with Crippen molar-refractivity contribution in [3.05, 3.63) is 23.0 Å². The van der Waals surface area contributed by atoms with E-state index in [0.717, 1.165) is 17.0 Å². The van der Waals surface area contributed by atoms with Crippen LogP contribution >= 0.6 is 0 Å². The molecule has 0 aliphatic carbocycles. The Labute approximate surface area is 107 Å². The summed E-state index contributed by atoms with van der Waals surface area (Å²) in [6, 6.07) is 1.73. The maximum Gasteiger partial charge on any atom is 0.450 e. The minimum Gasteiger partial charge on any atom is -0.481 e. The van der Waals surface area contributed by atoms with E-state index in [2.05, 4.69) is 4.98 Å². The van der Waals surface area contributed by atoms with Gasteiger partial charge in [0.05, 0.1) is 0 Å². The molecule has 0 spiro atoms. The van der Waals surface area contributed by atoms with E-state index < -0.39 is 23.8 Å². The number of aryl methyl sites for hydroxylation is 3. The minimum atomic E-state index is -5.12. The van der Waals surface area contributed by atoms with Gasteiger partial charge in [-0.05, 0) is 38.3 Å². The number of aliphatic carboxylic acids is 1. The normalized spacial score (nSPS) is 13.3. The molecule has 0 saturated carbocycles. The van der Waals surface area contributed by atoms with E-state index in [4.69, 9.17) is 5.11 Å². The van der Waals surface area contributed by atoms with Crippen LogP contribution in [-0.2, 0) is 16.0 Å². The minimum absolute atomic E-state index is 0.106. The Balaban J connectivity index is 2.79. The van der Waals surface area contributed by atoms with E-state index in [9.17, 15) is 22.8 Å². The first-order valence-electron chi connectivity index (χ1n) is 5.62. The molecule has 0 aliphatic rings. The quantitative estimate of drug-likeness (QED) is 0.812. The molecule has 1 heterocycles. The molecule has 106 valence electrons. The van der Waals surface area contributed by atoms with Crippen molar-refractivity contribution in [3.63, 3.8) is 0 Å². The van der Waals surface area contributed by atoms with Gasteiger partial charge < -0.3 is 10.1 Å². The number of aromatic amines is 1. The van der Waals surface area contributed by atoms with Crippen LogP contribution in [0.5, 0.6) is 0 Å². The molecule has 0 amide bonds. The Hall–Kier alpha value is -1.79. The van der Waals surface area contributed by atoms with Crippen LogP contribution in [0.3, 0.4) is 0 Å². The Morgan fingerprint density at radius 3 is 2.32 bits per heavy atom. The van der Waals surface area contributed by atoms with Crippen LogP contribution in [0.1, 0.15) is 23.4 Å². The summed E-state index contributed by atoms with van der Waals surface area (Å²) in [7, 11) is 0. The van der Waals surface area contributed by atoms with E-state index >= 15 is 0 Å². The summed E-state index contributed by atoms with van der Waals surface area (Å²) in [5, 5.41) is 8.73. The van der Waals surface area contributed by atoms with Gasteiger partial charge in [-0.3, -0.25) is 9.59 Å². The largest absolute Gasteiger partial charge is 0.481 e. The summed E-state index contributed by atoms with van der Waals surface area (Å²) in [5.41, 5.74) is 2.32. The van der Waals surface area contributed by atoms with Crippen LogP contribution in [0.4, 0.5) is 13.2 Å². The topological polar surface area (TPSA) is 70.2 Å². The molecule has 2 N–H and O–H groups in total. The summed E-state index contributed by atoms with van der Waals surface area (Å²) in [6.07, 6.45) is -5.38. The summed E-state index contributed by atoms with van der Waals surface area (Å²) >= 11 is 0. The predicted molar refractivity (Wildman–Crippen MR) is 60.8 cm³/mol. The highest BCUT2D eigenvalue weighted by Gasteiger charge is 2.46. The third-order valence-corrected chi connectivity index (χ3v) is 2.85. The van der Waals surface area contributed by atoms with Crippen LogP contribution in [0.15, 0.2) is 6.07 Å². The zero-order valence-electron chi connectivity index (χ0n) is 10.5. The van der Waals surface area contributed by atoms with Crippen molar-refractivity contribution in [1.82, 2.24) is 4.98 Å². The first kappa shape index (κ1) is 15.3. The van der Waals surface area contributed by atoms with Gasteiger partial charge in [0, 0.05) is 11.4 Å². The maximum absolute atomic E-state index is 12.2.